The highest BCUT2D eigenvalue weighted by molar-refractivity contribution is 5.86. The number of amides is 1. The SMILES string of the molecule is N#Cc1cnc(NC2CCN(CCCc3ccccc3)C2=O)cn1. The largest absolute Gasteiger partial charge is 0.357 e. The van der Waals surface area contributed by atoms with E-state index in [1.807, 2.05) is 29.2 Å². The second kappa shape index (κ2) is 7.55. The summed E-state index contributed by atoms with van der Waals surface area (Å²) >= 11 is 0. The van der Waals surface area contributed by atoms with Crippen molar-refractivity contribution in [1.82, 2.24) is 14.9 Å². The molecule has 1 aliphatic rings. The van der Waals surface area contributed by atoms with Crippen molar-refractivity contribution in [1.29, 1.82) is 5.26 Å². The molecule has 1 N–H and O–H groups in total. The van der Waals surface area contributed by atoms with Crippen LogP contribution in [0, 0.1) is 11.3 Å². The monoisotopic (exact) mass is 321 g/mol. The molecule has 122 valence electrons. The first-order valence-corrected chi connectivity index (χ1v) is 8.07. The molecule has 1 atom stereocenters. The summed E-state index contributed by atoms with van der Waals surface area (Å²) in [6.07, 6.45) is 5.58. The maximum Gasteiger partial charge on any atom is 0.245 e. The molecule has 1 fully saturated rings. The van der Waals surface area contributed by atoms with Gasteiger partial charge in [-0.2, -0.15) is 5.26 Å². The molecule has 6 heteroatoms. The number of aromatic nitrogens is 2. The number of hydrogen-bond donors (Lipinski definition) is 1. The van der Waals surface area contributed by atoms with Gasteiger partial charge in [-0.25, -0.2) is 9.97 Å². The van der Waals surface area contributed by atoms with Gasteiger partial charge in [-0.15, -0.1) is 0 Å². The van der Waals surface area contributed by atoms with Crippen molar-refractivity contribution in [3.05, 3.63) is 54.0 Å². The maximum absolute atomic E-state index is 12.4. The third-order valence-corrected chi connectivity index (χ3v) is 4.12. The molecule has 1 aliphatic heterocycles. The van der Waals surface area contributed by atoms with Gasteiger partial charge in [0.05, 0.1) is 12.4 Å². The molecule has 1 amide bonds. The predicted octanol–water partition coefficient (Wildman–Crippen LogP) is 1.99. The molecule has 3 rings (SSSR count). The quantitative estimate of drug-likeness (QED) is 0.880. The number of rotatable bonds is 6. The first-order valence-electron chi connectivity index (χ1n) is 8.07. The van der Waals surface area contributed by atoms with Crippen molar-refractivity contribution in [2.75, 3.05) is 18.4 Å². The van der Waals surface area contributed by atoms with Crippen molar-refractivity contribution < 1.29 is 4.79 Å². The smallest absolute Gasteiger partial charge is 0.245 e. The molecule has 0 aliphatic carbocycles. The maximum atomic E-state index is 12.4. The van der Waals surface area contributed by atoms with Crippen LogP contribution in [0.15, 0.2) is 42.7 Å². The van der Waals surface area contributed by atoms with Gasteiger partial charge >= 0.3 is 0 Å². The van der Waals surface area contributed by atoms with Gasteiger partial charge in [-0.1, -0.05) is 30.3 Å². The molecule has 1 aromatic heterocycles. The van der Waals surface area contributed by atoms with Crippen molar-refractivity contribution in [2.45, 2.75) is 25.3 Å². The Morgan fingerprint density at radius 3 is 2.79 bits per heavy atom. The van der Waals surface area contributed by atoms with Crippen molar-refractivity contribution in [3.8, 4) is 6.07 Å². The van der Waals surface area contributed by atoms with E-state index in [2.05, 4.69) is 27.4 Å². The van der Waals surface area contributed by atoms with Crippen LogP contribution < -0.4 is 5.32 Å². The summed E-state index contributed by atoms with van der Waals surface area (Å²) in [5.41, 5.74) is 1.56. The molecule has 24 heavy (non-hydrogen) atoms. The molecule has 6 nitrogen and oxygen atoms in total. The van der Waals surface area contributed by atoms with Gasteiger partial charge in [-0.05, 0) is 24.8 Å². The first kappa shape index (κ1) is 15.9. The van der Waals surface area contributed by atoms with Crippen LogP contribution in [-0.4, -0.2) is 39.9 Å². The lowest BCUT2D eigenvalue weighted by atomic mass is 10.1. The Balaban J connectivity index is 1.48. The van der Waals surface area contributed by atoms with E-state index in [1.165, 1.54) is 18.0 Å². The Morgan fingerprint density at radius 2 is 2.08 bits per heavy atom. The third-order valence-electron chi connectivity index (χ3n) is 4.12. The Labute approximate surface area is 141 Å². The number of nitriles is 1. The predicted molar refractivity (Wildman–Crippen MR) is 90.1 cm³/mol. The van der Waals surface area contributed by atoms with Crippen LogP contribution in [0.5, 0.6) is 0 Å². The number of hydrogen-bond acceptors (Lipinski definition) is 5. The molecule has 0 radical (unpaired) electrons. The molecule has 2 heterocycles. The first-order chi connectivity index (χ1) is 11.8. The summed E-state index contributed by atoms with van der Waals surface area (Å²) in [6.45, 7) is 1.53. The minimum Gasteiger partial charge on any atom is -0.357 e. The number of benzene rings is 1. The molecular formula is C18H19N5O. The fourth-order valence-corrected chi connectivity index (χ4v) is 2.85. The van der Waals surface area contributed by atoms with E-state index < -0.39 is 0 Å². The minimum atomic E-state index is -0.260. The van der Waals surface area contributed by atoms with Crippen LogP contribution in [0.1, 0.15) is 24.1 Å². The average Bonchev–Trinajstić information content (AvgIpc) is 2.97. The number of carbonyl (C=O) groups excluding carboxylic acids is 1. The van der Waals surface area contributed by atoms with Crippen LogP contribution in [-0.2, 0) is 11.2 Å². The lowest BCUT2D eigenvalue weighted by Crippen LogP contribution is -2.34. The molecule has 1 saturated heterocycles. The molecule has 0 saturated carbocycles. The highest BCUT2D eigenvalue weighted by Crippen LogP contribution is 2.16. The van der Waals surface area contributed by atoms with E-state index in [0.717, 1.165) is 32.4 Å². The Bertz CT molecular complexity index is 723. The fourth-order valence-electron chi connectivity index (χ4n) is 2.85. The van der Waals surface area contributed by atoms with Crippen LogP contribution in [0.25, 0.3) is 0 Å². The molecule has 1 aromatic carbocycles. The molecular weight excluding hydrogens is 302 g/mol. The molecule has 2 aromatic rings. The number of anilines is 1. The van der Waals surface area contributed by atoms with Gasteiger partial charge in [0, 0.05) is 13.1 Å². The van der Waals surface area contributed by atoms with Gasteiger partial charge in [0.25, 0.3) is 0 Å². The highest BCUT2D eigenvalue weighted by atomic mass is 16.2. The zero-order valence-electron chi connectivity index (χ0n) is 13.4. The normalized spacial score (nSPS) is 16.9. The second-order valence-corrected chi connectivity index (χ2v) is 5.80. The van der Waals surface area contributed by atoms with E-state index in [9.17, 15) is 4.79 Å². The van der Waals surface area contributed by atoms with Gasteiger partial charge in [-0.3, -0.25) is 4.79 Å². The number of nitrogens with zero attached hydrogens (tertiary/aromatic N) is 4. The van der Waals surface area contributed by atoms with Crippen molar-refractivity contribution in [3.63, 3.8) is 0 Å². The van der Waals surface area contributed by atoms with Crippen molar-refractivity contribution in [2.24, 2.45) is 0 Å². The van der Waals surface area contributed by atoms with Crippen LogP contribution in [0.3, 0.4) is 0 Å². The number of likely N-dealkylation sites (tertiary alicyclic amines) is 1. The van der Waals surface area contributed by atoms with E-state index in [0.29, 0.717) is 5.82 Å². The van der Waals surface area contributed by atoms with Crippen LogP contribution >= 0.6 is 0 Å². The average molecular weight is 321 g/mol. The summed E-state index contributed by atoms with van der Waals surface area (Å²) in [4.78, 5) is 22.4. The Morgan fingerprint density at radius 1 is 1.25 bits per heavy atom. The summed E-state index contributed by atoms with van der Waals surface area (Å²) in [5.74, 6) is 0.632. The van der Waals surface area contributed by atoms with Crippen LogP contribution in [0.2, 0.25) is 0 Å². The molecule has 0 spiro atoms. The Hall–Kier alpha value is -2.94. The van der Waals surface area contributed by atoms with Crippen molar-refractivity contribution >= 4 is 11.7 Å². The molecule has 1 unspecified atom stereocenters. The summed E-state index contributed by atoms with van der Waals surface area (Å²) < 4.78 is 0. The van der Waals surface area contributed by atoms with Gasteiger partial charge in [0.2, 0.25) is 5.91 Å². The number of carbonyl (C=O) groups is 1. The van der Waals surface area contributed by atoms with E-state index in [4.69, 9.17) is 5.26 Å². The second-order valence-electron chi connectivity index (χ2n) is 5.80. The number of aryl methyl sites for hydroxylation is 1. The third kappa shape index (κ3) is 3.87. The minimum absolute atomic E-state index is 0.106. The standard InChI is InChI=1S/C18H19N5O/c19-11-15-12-21-17(13-20-15)22-16-8-10-23(18(16)24)9-4-7-14-5-2-1-3-6-14/h1-3,5-6,12-13,16H,4,7-10H2,(H,21,22). The zero-order valence-corrected chi connectivity index (χ0v) is 13.4. The summed E-state index contributed by atoms with van der Waals surface area (Å²) in [7, 11) is 0. The number of nitrogens with one attached hydrogen (secondary N) is 1. The van der Waals surface area contributed by atoms with Gasteiger partial charge in [0.15, 0.2) is 5.69 Å². The lowest BCUT2D eigenvalue weighted by molar-refractivity contribution is -0.128. The Kier molecular flexibility index (Phi) is 5.02. The molecule has 0 bridgehead atoms. The highest BCUT2D eigenvalue weighted by Gasteiger charge is 2.31. The summed E-state index contributed by atoms with van der Waals surface area (Å²) in [5, 5.41) is 11.8. The van der Waals surface area contributed by atoms with Gasteiger partial charge in [0.1, 0.15) is 17.9 Å². The topological polar surface area (TPSA) is 81.9 Å². The van der Waals surface area contributed by atoms with E-state index >= 15 is 0 Å². The van der Waals surface area contributed by atoms with E-state index in [-0.39, 0.29) is 17.6 Å². The zero-order chi connectivity index (χ0) is 16.8. The van der Waals surface area contributed by atoms with Gasteiger partial charge < -0.3 is 10.2 Å². The lowest BCUT2D eigenvalue weighted by Gasteiger charge is -2.17. The summed E-state index contributed by atoms with van der Waals surface area (Å²) in [6, 6.07) is 12.0. The van der Waals surface area contributed by atoms with Crippen LogP contribution in [0.4, 0.5) is 5.82 Å². The van der Waals surface area contributed by atoms with E-state index in [1.54, 1.807) is 0 Å². The fraction of sp³-hybridized carbons (Fsp3) is 0.333.